The topological polar surface area (TPSA) is 37.3 Å². The number of aliphatic hydroxyl groups excluding tert-OH is 1. The van der Waals surface area contributed by atoms with Gasteiger partial charge in [-0.15, -0.1) is 0 Å². The number of fused-ring (bicyclic) bond motifs is 5. The van der Waals surface area contributed by atoms with Crippen molar-refractivity contribution in [3.63, 3.8) is 0 Å². The Morgan fingerprint density at radius 3 is 2.38 bits per heavy atom. The largest absolute Gasteiger partial charge is 0.396 e. The molecule has 4 rings (SSSR count). The normalized spacial score (nSPS) is 48.5. The van der Waals surface area contributed by atoms with E-state index >= 15 is 0 Å². The molecule has 0 aromatic heterocycles. The molecule has 0 aromatic rings. The highest BCUT2D eigenvalue weighted by Gasteiger charge is 2.60. The predicted octanol–water partition coefficient (Wildman–Crippen LogP) is 5.87. The van der Waals surface area contributed by atoms with Gasteiger partial charge in [0.2, 0.25) is 0 Å². The minimum atomic E-state index is 0.350. The summed E-state index contributed by atoms with van der Waals surface area (Å²) in [5.74, 6) is 4.96. The Morgan fingerprint density at radius 1 is 1.00 bits per heavy atom. The molecule has 26 heavy (non-hydrogen) atoms. The summed E-state index contributed by atoms with van der Waals surface area (Å²) < 4.78 is 0. The maximum absolute atomic E-state index is 12.0. The van der Waals surface area contributed by atoms with Gasteiger partial charge < -0.3 is 5.11 Å². The van der Waals surface area contributed by atoms with Crippen molar-refractivity contribution >= 4 is 5.78 Å². The van der Waals surface area contributed by atoms with Gasteiger partial charge in [-0.25, -0.2) is 0 Å². The molecule has 0 bridgehead atoms. The zero-order valence-corrected chi connectivity index (χ0v) is 17.9. The van der Waals surface area contributed by atoms with E-state index in [0.717, 1.165) is 37.0 Å². The summed E-state index contributed by atoms with van der Waals surface area (Å²) in [5.41, 5.74) is 0.885. The zero-order chi connectivity index (χ0) is 19.1. The highest BCUT2D eigenvalue weighted by molar-refractivity contribution is 5.79. The molecule has 150 valence electrons. The molecule has 1 N–H and O–H groups in total. The Morgan fingerprint density at radius 2 is 1.69 bits per heavy atom. The summed E-state index contributed by atoms with van der Waals surface area (Å²) in [6.45, 7) is 11.7. The number of hydrogen-bond acceptors (Lipinski definition) is 2. The minimum absolute atomic E-state index is 0.350. The van der Waals surface area contributed by atoms with Crippen molar-refractivity contribution < 1.29 is 9.90 Å². The molecule has 4 fully saturated rings. The van der Waals surface area contributed by atoms with Crippen LogP contribution in [0.15, 0.2) is 0 Å². The van der Waals surface area contributed by atoms with Crippen LogP contribution in [0.3, 0.4) is 0 Å². The second-order valence-corrected chi connectivity index (χ2v) is 10.3. The second-order valence-electron chi connectivity index (χ2n) is 10.3. The first-order chi connectivity index (χ1) is 12.4. The van der Waals surface area contributed by atoms with E-state index in [0.29, 0.717) is 41.0 Å². The lowest BCUT2D eigenvalue weighted by molar-refractivity contribution is -0.140. The minimum Gasteiger partial charge on any atom is -0.396 e. The lowest BCUT2D eigenvalue weighted by atomic mass is 9.44. The van der Waals surface area contributed by atoms with Gasteiger partial charge in [-0.1, -0.05) is 34.6 Å². The van der Waals surface area contributed by atoms with Crippen molar-refractivity contribution in [2.45, 2.75) is 92.4 Å². The predicted molar refractivity (Wildman–Crippen MR) is 108 cm³/mol. The van der Waals surface area contributed by atoms with Crippen LogP contribution in [0.2, 0.25) is 0 Å². The van der Waals surface area contributed by atoms with Crippen LogP contribution in [0.5, 0.6) is 0 Å². The number of aliphatic hydroxyl groups is 1. The summed E-state index contributed by atoms with van der Waals surface area (Å²) in [6, 6.07) is 0. The van der Waals surface area contributed by atoms with Crippen molar-refractivity contribution in [2.75, 3.05) is 6.61 Å². The number of carbonyl (C=O) groups excluding carboxylic acids is 1. The average molecular weight is 363 g/mol. The van der Waals surface area contributed by atoms with E-state index in [9.17, 15) is 9.90 Å². The fraction of sp³-hybridized carbons (Fsp3) is 0.958. The van der Waals surface area contributed by atoms with Crippen LogP contribution in [0.4, 0.5) is 0 Å². The van der Waals surface area contributed by atoms with Crippen molar-refractivity contribution in [3.05, 3.63) is 0 Å². The number of hydrogen-bond donors (Lipinski definition) is 1. The van der Waals surface area contributed by atoms with Crippen LogP contribution in [-0.4, -0.2) is 17.5 Å². The summed E-state index contributed by atoms with van der Waals surface area (Å²) in [6.07, 6.45) is 10.9. The van der Waals surface area contributed by atoms with E-state index < -0.39 is 0 Å². The van der Waals surface area contributed by atoms with Gasteiger partial charge in [0.15, 0.2) is 0 Å². The summed E-state index contributed by atoms with van der Waals surface area (Å²) in [4.78, 5) is 12.0. The van der Waals surface area contributed by atoms with Crippen molar-refractivity contribution in [1.82, 2.24) is 0 Å². The third-order valence-corrected chi connectivity index (χ3v) is 9.53. The van der Waals surface area contributed by atoms with E-state index in [1.165, 1.54) is 38.5 Å². The van der Waals surface area contributed by atoms with E-state index in [-0.39, 0.29) is 0 Å². The SMILES string of the molecule is CC.CC(CO)C1CCC2C3CCC4CC(=O)CCC4(C)C3CCC12C. The molecular weight excluding hydrogens is 320 g/mol. The molecule has 0 spiro atoms. The summed E-state index contributed by atoms with van der Waals surface area (Å²) >= 11 is 0. The van der Waals surface area contributed by atoms with E-state index in [4.69, 9.17) is 0 Å². The third kappa shape index (κ3) is 2.99. The Labute approximate surface area is 161 Å². The van der Waals surface area contributed by atoms with Gasteiger partial charge in [0.05, 0.1) is 0 Å². The molecule has 0 aromatic carbocycles. The van der Waals surface area contributed by atoms with Crippen molar-refractivity contribution in [1.29, 1.82) is 0 Å². The number of rotatable bonds is 2. The van der Waals surface area contributed by atoms with E-state index in [1.54, 1.807) is 0 Å². The number of Topliss-reactive ketones (excluding diaryl/α,β-unsaturated/α-hetero) is 1. The van der Waals surface area contributed by atoms with E-state index in [2.05, 4.69) is 20.8 Å². The van der Waals surface area contributed by atoms with Gasteiger partial charge in [0, 0.05) is 19.4 Å². The zero-order valence-electron chi connectivity index (χ0n) is 17.9. The van der Waals surface area contributed by atoms with Crippen LogP contribution < -0.4 is 0 Å². The average Bonchev–Trinajstić information content (AvgIpc) is 3.00. The highest BCUT2D eigenvalue weighted by Crippen LogP contribution is 2.67. The Kier molecular flexibility index (Phi) is 5.93. The van der Waals surface area contributed by atoms with Gasteiger partial charge >= 0.3 is 0 Å². The molecule has 0 heterocycles. The number of ketones is 1. The lowest BCUT2D eigenvalue weighted by Gasteiger charge is -2.60. The highest BCUT2D eigenvalue weighted by atomic mass is 16.3. The quantitative estimate of drug-likeness (QED) is 0.667. The maximum Gasteiger partial charge on any atom is 0.133 e. The van der Waals surface area contributed by atoms with Gasteiger partial charge in [-0.2, -0.15) is 0 Å². The van der Waals surface area contributed by atoms with E-state index in [1.807, 2.05) is 13.8 Å². The first-order valence-corrected chi connectivity index (χ1v) is 11.5. The molecule has 0 aliphatic heterocycles. The standard InChI is InChI=1S/C22H36O2.C2H6/c1-14(13-23)18-6-7-19-17-5-4-15-12-16(24)8-10-21(15,2)20(17)9-11-22(18,19)3;1-2/h14-15,17-20,23H,4-13H2,1-3H3;1-2H3. The molecule has 4 aliphatic carbocycles. The molecule has 4 saturated carbocycles. The number of carbonyl (C=O) groups is 1. The summed E-state index contributed by atoms with van der Waals surface area (Å²) in [5, 5.41) is 9.72. The second kappa shape index (κ2) is 7.57. The smallest absolute Gasteiger partial charge is 0.133 e. The maximum atomic E-state index is 12.0. The molecule has 2 heteroatoms. The van der Waals surface area contributed by atoms with Gasteiger partial charge in [-0.05, 0) is 91.3 Å². The molecule has 0 amide bonds. The molecule has 8 atom stereocenters. The molecular formula is C24H42O2. The van der Waals surface area contributed by atoms with Gasteiger partial charge in [0.25, 0.3) is 0 Å². The molecule has 8 unspecified atom stereocenters. The monoisotopic (exact) mass is 362 g/mol. The van der Waals surface area contributed by atoms with Crippen molar-refractivity contribution in [2.24, 2.45) is 46.3 Å². The van der Waals surface area contributed by atoms with Gasteiger partial charge in [0.1, 0.15) is 5.78 Å². The van der Waals surface area contributed by atoms with Crippen LogP contribution in [0.1, 0.15) is 92.4 Å². The molecule has 2 nitrogen and oxygen atoms in total. The Bertz CT molecular complexity index is 514. The molecule has 0 saturated heterocycles. The van der Waals surface area contributed by atoms with Crippen LogP contribution in [0.25, 0.3) is 0 Å². The van der Waals surface area contributed by atoms with Crippen LogP contribution >= 0.6 is 0 Å². The van der Waals surface area contributed by atoms with Crippen LogP contribution in [-0.2, 0) is 4.79 Å². The first kappa shape index (κ1) is 20.4. The summed E-state index contributed by atoms with van der Waals surface area (Å²) in [7, 11) is 0. The Balaban J connectivity index is 0.000000948. The fourth-order valence-corrected chi connectivity index (χ4v) is 8.15. The lowest BCUT2D eigenvalue weighted by Crippen LogP contribution is -2.53. The third-order valence-electron chi connectivity index (χ3n) is 9.53. The van der Waals surface area contributed by atoms with Gasteiger partial charge in [-0.3, -0.25) is 4.79 Å². The fourth-order valence-electron chi connectivity index (χ4n) is 8.15. The Hall–Kier alpha value is -0.370. The first-order valence-electron chi connectivity index (χ1n) is 11.5. The molecule has 0 radical (unpaired) electrons. The van der Waals surface area contributed by atoms with Crippen LogP contribution in [0, 0.1) is 46.3 Å². The van der Waals surface area contributed by atoms with Crippen molar-refractivity contribution in [3.8, 4) is 0 Å². The molecule has 4 aliphatic rings.